The predicted molar refractivity (Wildman–Crippen MR) is 78.0 cm³/mol. The van der Waals surface area contributed by atoms with Gasteiger partial charge in [0.25, 0.3) is 0 Å². The van der Waals surface area contributed by atoms with Gasteiger partial charge in [0.05, 0.1) is 4.90 Å². The summed E-state index contributed by atoms with van der Waals surface area (Å²) in [4.78, 5) is 0.406. The van der Waals surface area contributed by atoms with Crippen LogP contribution in [0.4, 0.5) is 0 Å². The van der Waals surface area contributed by atoms with Crippen molar-refractivity contribution < 1.29 is 8.42 Å². The highest BCUT2D eigenvalue weighted by Gasteiger charge is 2.44. The maximum Gasteiger partial charge on any atom is 0.243 e. The molecule has 0 amide bonds. The number of rotatable bonds is 2. The molecule has 2 bridgehead atoms. The number of hydrogen-bond acceptors (Lipinski definition) is 3. The number of benzene rings is 2. The van der Waals surface area contributed by atoms with Crippen molar-refractivity contribution in [3.8, 4) is 0 Å². The van der Waals surface area contributed by atoms with Gasteiger partial charge in [0.2, 0.25) is 10.0 Å². The van der Waals surface area contributed by atoms with Crippen molar-refractivity contribution in [1.82, 2.24) is 9.62 Å². The van der Waals surface area contributed by atoms with Crippen molar-refractivity contribution in [3.05, 3.63) is 42.5 Å². The number of nitrogens with one attached hydrogen (secondary N) is 1. The van der Waals surface area contributed by atoms with E-state index in [1.807, 2.05) is 30.3 Å². The summed E-state index contributed by atoms with van der Waals surface area (Å²) < 4.78 is 27.2. The van der Waals surface area contributed by atoms with Crippen LogP contribution in [0.15, 0.2) is 47.4 Å². The molecular weight excluding hydrogens is 272 g/mol. The van der Waals surface area contributed by atoms with E-state index in [4.69, 9.17) is 0 Å². The summed E-state index contributed by atoms with van der Waals surface area (Å²) in [6, 6.07) is 13.7. The van der Waals surface area contributed by atoms with Gasteiger partial charge in [0, 0.05) is 25.2 Å². The molecule has 2 heterocycles. The van der Waals surface area contributed by atoms with Crippen molar-refractivity contribution in [1.29, 1.82) is 0 Å². The van der Waals surface area contributed by atoms with Crippen LogP contribution in [-0.4, -0.2) is 37.9 Å². The molecule has 0 saturated carbocycles. The van der Waals surface area contributed by atoms with Crippen LogP contribution in [0, 0.1) is 0 Å². The molecule has 2 aromatic rings. The van der Waals surface area contributed by atoms with Crippen molar-refractivity contribution in [2.45, 2.75) is 23.4 Å². The summed E-state index contributed by atoms with van der Waals surface area (Å²) in [7, 11) is -3.37. The number of nitrogens with zero attached hydrogens (tertiary/aromatic N) is 1. The first-order valence-corrected chi connectivity index (χ1v) is 8.33. The topological polar surface area (TPSA) is 49.4 Å². The van der Waals surface area contributed by atoms with Crippen LogP contribution in [0.25, 0.3) is 10.8 Å². The molecular formula is C15H16N2O2S. The molecule has 1 N–H and O–H groups in total. The van der Waals surface area contributed by atoms with Gasteiger partial charge in [-0.2, -0.15) is 4.31 Å². The maximum absolute atomic E-state index is 12.8. The first-order valence-electron chi connectivity index (χ1n) is 6.89. The third-order valence-corrected chi connectivity index (χ3v) is 6.25. The summed E-state index contributed by atoms with van der Waals surface area (Å²) >= 11 is 0. The van der Waals surface area contributed by atoms with E-state index in [0.717, 1.165) is 23.7 Å². The highest BCUT2D eigenvalue weighted by molar-refractivity contribution is 7.89. The van der Waals surface area contributed by atoms with Gasteiger partial charge in [-0.15, -0.1) is 0 Å². The molecule has 0 radical (unpaired) electrons. The fourth-order valence-corrected chi connectivity index (χ4v) is 5.00. The van der Waals surface area contributed by atoms with E-state index < -0.39 is 10.0 Å². The molecule has 4 rings (SSSR count). The van der Waals surface area contributed by atoms with Gasteiger partial charge in [0.15, 0.2) is 0 Å². The predicted octanol–water partition coefficient (Wildman–Crippen LogP) is 1.57. The van der Waals surface area contributed by atoms with E-state index in [1.165, 1.54) is 0 Å². The van der Waals surface area contributed by atoms with Crippen LogP contribution in [-0.2, 0) is 10.0 Å². The zero-order valence-electron chi connectivity index (χ0n) is 11.0. The molecule has 2 fully saturated rings. The SMILES string of the molecule is O=S(=O)(c1ccc2ccccc2c1)N1CC2CC1CN2. The minimum atomic E-state index is -3.37. The number of fused-ring (bicyclic) bond motifs is 3. The van der Waals surface area contributed by atoms with Crippen LogP contribution < -0.4 is 5.32 Å². The number of piperazine rings is 1. The molecule has 0 aromatic heterocycles. The Morgan fingerprint density at radius 3 is 2.60 bits per heavy atom. The van der Waals surface area contributed by atoms with Crippen molar-refractivity contribution in [2.75, 3.05) is 13.1 Å². The summed E-state index contributed by atoms with van der Waals surface area (Å²) in [6.07, 6.45) is 0.937. The smallest absolute Gasteiger partial charge is 0.243 e. The quantitative estimate of drug-likeness (QED) is 0.912. The average Bonchev–Trinajstić information content (AvgIpc) is 3.09. The Morgan fingerprint density at radius 2 is 1.90 bits per heavy atom. The Kier molecular flexibility index (Phi) is 2.64. The van der Waals surface area contributed by atoms with Crippen LogP contribution in [0.5, 0.6) is 0 Å². The fraction of sp³-hybridized carbons (Fsp3) is 0.333. The highest BCUT2D eigenvalue weighted by Crippen LogP contribution is 2.30. The van der Waals surface area contributed by atoms with Gasteiger partial charge in [-0.25, -0.2) is 8.42 Å². The van der Waals surface area contributed by atoms with E-state index in [1.54, 1.807) is 16.4 Å². The van der Waals surface area contributed by atoms with Gasteiger partial charge >= 0.3 is 0 Å². The molecule has 2 atom stereocenters. The molecule has 2 saturated heterocycles. The second-order valence-corrected chi connectivity index (χ2v) is 7.47. The first kappa shape index (κ1) is 12.3. The summed E-state index contributed by atoms with van der Waals surface area (Å²) in [5.74, 6) is 0. The van der Waals surface area contributed by atoms with E-state index >= 15 is 0 Å². The van der Waals surface area contributed by atoms with Crippen LogP contribution in [0.2, 0.25) is 0 Å². The minimum absolute atomic E-state index is 0.122. The molecule has 4 nitrogen and oxygen atoms in total. The highest BCUT2D eigenvalue weighted by atomic mass is 32.2. The van der Waals surface area contributed by atoms with E-state index in [0.29, 0.717) is 17.5 Å². The fourth-order valence-electron chi connectivity index (χ4n) is 3.28. The van der Waals surface area contributed by atoms with Gasteiger partial charge in [-0.1, -0.05) is 30.3 Å². The van der Waals surface area contributed by atoms with Gasteiger partial charge in [-0.05, 0) is 29.3 Å². The van der Waals surface area contributed by atoms with Gasteiger partial charge in [0.1, 0.15) is 0 Å². The van der Waals surface area contributed by atoms with Gasteiger partial charge < -0.3 is 5.32 Å². The third kappa shape index (κ3) is 1.78. The van der Waals surface area contributed by atoms with Crippen LogP contribution in [0.3, 0.4) is 0 Å². The number of hydrogen-bond donors (Lipinski definition) is 1. The van der Waals surface area contributed by atoms with Crippen molar-refractivity contribution in [2.24, 2.45) is 0 Å². The largest absolute Gasteiger partial charge is 0.311 e. The normalized spacial score (nSPS) is 26.4. The second-order valence-electron chi connectivity index (χ2n) is 5.58. The monoisotopic (exact) mass is 288 g/mol. The average molecular weight is 288 g/mol. The lowest BCUT2D eigenvalue weighted by Gasteiger charge is -2.26. The Balaban J connectivity index is 1.77. The molecule has 0 spiro atoms. The lowest BCUT2D eigenvalue weighted by molar-refractivity contribution is 0.349. The van der Waals surface area contributed by atoms with E-state index in [9.17, 15) is 8.42 Å². The summed E-state index contributed by atoms with van der Waals surface area (Å²) in [5.41, 5.74) is 0. The molecule has 5 heteroatoms. The zero-order chi connectivity index (χ0) is 13.7. The molecule has 20 heavy (non-hydrogen) atoms. The maximum atomic E-state index is 12.8. The van der Waals surface area contributed by atoms with Crippen LogP contribution >= 0.6 is 0 Å². The molecule has 2 aliphatic rings. The first-order chi connectivity index (χ1) is 9.64. The molecule has 2 unspecified atom stereocenters. The molecule has 2 aliphatic heterocycles. The third-order valence-electron chi connectivity index (χ3n) is 4.33. The Bertz CT molecular complexity index is 772. The summed E-state index contributed by atoms with van der Waals surface area (Å²) in [6.45, 7) is 1.37. The summed E-state index contributed by atoms with van der Waals surface area (Å²) in [5, 5.41) is 5.37. The number of sulfonamides is 1. The van der Waals surface area contributed by atoms with E-state index in [2.05, 4.69) is 5.32 Å². The molecule has 104 valence electrons. The van der Waals surface area contributed by atoms with Crippen molar-refractivity contribution in [3.63, 3.8) is 0 Å². The standard InChI is InChI=1S/C15H16N2O2S/c18-20(19,17-10-13-8-14(17)9-16-13)15-6-5-11-3-1-2-4-12(11)7-15/h1-7,13-14,16H,8-10H2. The minimum Gasteiger partial charge on any atom is -0.311 e. The Morgan fingerprint density at radius 1 is 1.10 bits per heavy atom. The Hall–Kier alpha value is -1.43. The van der Waals surface area contributed by atoms with Crippen molar-refractivity contribution >= 4 is 20.8 Å². The zero-order valence-corrected chi connectivity index (χ0v) is 11.8. The van der Waals surface area contributed by atoms with Gasteiger partial charge in [-0.3, -0.25) is 0 Å². The van der Waals surface area contributed by atoms with E-state index in [-0.39, 0.29) is 6.04 Å². The lowest BCUT2D eigenvalue weighted by Crippen LogP contribution is -2.46. The molecule has 0 aliphatic carbocycles. The Labute approximate surface area is 118 Å². The molecule has 2 aromatic carbocycles. The lowest BCUT2D eigenvalue weighted by atomic mass is 10.1. The second kappa shape index (κ2) is 4.28. The van der Waals surface area contributed by atoms with Crippen LogP contribution in [0.1, 0.15) is 6.42 Å².